The van der Waals surface area contributed by atoms with Crippen LogP contribution in [0.1, 0.15) is 90.4 Å². The van der Waals surface area contributed by atoms with Crippen LogP contribution in [-0.2, 0) is 14.3 Å². The minimum atomic E-state index is -0.375. The van der Waals surface area contributed by atoms with Crippen LogP contribution in [-0.4, -0.2) is 36.4 Å². The van der Waals surface area contributed by atoms with E-state index in [2.05, 4.69) is 6.92 Å². The van der Waals surface area contributed by atoms with Crippen LogP contribution in [0.5, 0.6) is 0 Å². The molecule has 2 N–H and O–H groups in total. The van der Waals surface area contributed by atoms with Gasteiger partial charge in [0.2, 0.25) is 0 Å². The standard InChI is InChI=1S/C20H39NO3S/c1-2-3-4-5-6-7-8-9-10-11-12-15-24-20(23)14-17-25-16-13-19(21)18-22/h18-19H,2-17,21H2,1H3. The third-order valence-electron chi connectivity index (χ3n) is 4.23. The van der Waals surface area contributed by atoms with Crippen molar-refractivity contribution in [2.45, 2.75) is 96.4 Å². The van der Waals surface area contributed by atoms with Crippen molar-refractivity contribution in [3.8, 4) is 0 Å². The normalized spacial score (nSPS) is 12.1. The third kappa shape index (κ3) is 19.6. The zero-order chi connectivity index (χ0) is 18.6. The number of ether oxygens (including phenoxy) is 1. The summed E-state index contributed by atoms with van der Waals surface area (Å²) < 4.78 is 5.24. The zero-order valence-electron chi connectivity index (χ0n) is 16.2. The molecule has 0 bridgehead atoms. The van der Waals surface area contributed by atoms with Crippen LogP contribution < -0.4 is 5.73 Å². The van der Waals surface area contributed by atoms with Gasteiger partial charge in [0.15, 0.2) is 0 Å². The van der Waals surface area contributed by atoms with E-state index in [1.54, 1.807) is 11.8 Å². The Balaban J connectivity index is 3.18. The zero-order valence-corrected chi connectivity index (χ0v) is 17.0. The number of rotatable bonds is 19. The van der Waals surface area contributed by atoms with Gasteiger partial charge in [0, 0.05) is 5.75 Å². The summed E-state index contributed by atoms with van der Waals surface area (Å²) in [6.45, 7) is 2.81. The van der Waals surface area contributed by atoms with Gasteiger partial charge in [0.25, 0.3) is 0 Å². The Morgan fingerprint density at radius 2 is 1.52 bits per heavy atom. The highest BCUT2D eigenvalue weighted by atomic mass is 32.2. The predicted molar refractivity (Wildman–Crippen MR) is 108 cm³/mol. The van der Waals surface area contributed by atoms with E-state index in [0.29, 0.717) is 19.4 Å². The minimum absolute atomic E-state index is 0.112. The molecular formula is C20H39NO3S. The van der Waals surface area contributed by atoms with Crippen molar-refractivity contribution in [3.05, 3.63) is 0 Å². The average molecular weight is 374 g/mol. The summed E-state index contributed by atoms with van der Waals surface area (Å²) in [5.74, 6) is 1.44. The first-order valence-corrected chi connectivity index (χ1v) is 11.3. The van der Waals surface area contributed by atoms with Gasteiger partial charge in [-0.05, 0) is 18.6 Å². The van der Waals surface area contributed by atoms with Crippen LogP contribution in [0.25, 0.3) is 0 Å². The number of aldehydes is 1. The van der Waals surface area contributed by atoms with Crippen molar-refractivity contribution in [1.29, 1.82) is 0 Å². The number of hydrogen-bond acceptors (Lipinski definition) is 5. The summed E-state index contributed by atoms with van der Waals surface area (Å²) in [5, 5.41) is 0. The van der Waals surface area contributed by atoms with Gasteiger partial charge in [0.1, 0.15) is 6.29 Å². The van der Waals surface area contributed by atoms with Gasteiger partial charge in [-0.3, -0.25) is 4.79 Å². The SMILES string of the molecule is CCCCCCCCCCCCCOC(=O)CCSCCC(N)C=O. The molecule has 0 spiro atoms. The lowest BCUT2D eigenvalue weighted by Gasteiger charge is -2.06. The summed E-state index contributed by atoms with van der Waals surface area (Å²) in [6.07, 6.45) is 16.2. The van der Waals surface area contributed by atoms with E-state index in [9.17, 15) is 9.59 Å². The number of nitrogens with two attached hydrogens (primary N) is 1. The molecule has 0 fully saturated rings. The smallest absolute Gasteiger partial charge is 0.306 e. The molecule has 0 aliphatic heterocycles. The van der Waals surface area contributed by atoms with Crippen molar-refractivity contribution in [2.75, 3.05) is 18.1 Å². The molecule has 0 aliphatic carbocycles. The van der Waals surface area contributed by atoms with Gasteiger partial charge in [-0.25, -0.2) is 0 Å². The van der Waals surface area contributed by atoms with Crippen LogP contribution in [0.4, 0.5) is 0 Å². The second kappa shape index (κ2) is 19.8. The number of hydrogen-bond donors (Lipinski definition) is 1. The van der Waals surface area contributed by atoms with Crippen LogP contribution in [0.2, 0.25) is 0 Å². The Kier molecular flexibility index (Phi) is 19.3. The topological polar surface area (TPSA) is 69.4 Å². The molecule has 1 unspecified atom stereocenters. The fourth-order valence-corrected chi connectivity index (χ4v) is 3.52. The Morgan fingerprint density at radius 1 is 0.960 bits per heavy atom. The van der Waals surface area contributed by atoms with Crippen LogP contribution >= 0.6 is 11.8 Å². The van der Waals surface area contributed by atoms with Crippen molar-refractivity contribution < 1.29 is 14.3 Å². The summed E-state index contributed by atoms with van der Waals surface area (Å²) in [6, 6.07) is -0.375. The van der Waals surface area contributed by atoms with E-state index in [1.807, 2.05) is 0 Å². The van der Waals surface area contributed by atoms with Gasteiger partial charge in [0.05, 0.1) is 19.1 Å². The van der Waals surface area contributed by atoms with E-state index in [-0.39, 0.29) is 12.0 Å². The highest BCUT2D eigenvalue weighted by molar-refractivity contribution is 7.99. The molecule has 25 heavy (non-hydrogen) atoms. The first kappa shape index (κ1) is 24.5. The third-order valence-corrected chi connectivity index (χ3v) is 5.25. The van der Waals surface area contributed by atoms with E-state index in [4.69, 9.17) is 10.5 Å². The lowest BCUT2D eigenvalue weighted by atomic mass is 10.1. The molecule has 0 saturated carbocycles. The largest absolute Gasteiger partial charge is 0.466 e. The van der Waals surface area contributed by atoms with Gasteiger partial charge in [-0.2, -0.15) is 11.8 Å². The van der Waals surface area contributed by atoms with Crippen molar-refractivity contribution in [2.24, 2.45) is 5.73 Å². The molecule has 0 aromatic rings. The molecular weight excluding hydrogens is 334 g/mol. The second-order valence-electron chi connectivity index (χ2n) is 6.71. The molecule has 0 rings (SSSR count). The first-order valence-electron chi connectivity index (χ1n) is 10.1. The molecule has 0 aliphatic rings. The molecule has 148 valence electrons. The van der Waals surface area contributed by atoms with Gasteiger partial charge < -0.3 is 15.3 Å². The number of esters is 1. The monoisotopic (exact) mass is 373 g/mol. The van der Waals surface area contributed by atoms with E-state index >= 15 is 0 Å². The lowest BCUT2D eigenvalue weighted by Crippen LogP contribution is -2.21. The van der Waals surface area contributed by atoms with Crippen molar-refractivity contribution in [3.63, 3.8) is 0 Å². The molecule has 4 nitrogen and oxygen atoms in total. The van der Waals surface area contributed by atoms with E-state index in [0.717, 1.165) is 30.6 Å². The van der Waals surface area contributed by atoms with Crippen LogP contribution in [0.3, 0.4) is 0 Å². The van der Waals surface area contributed by atoms with E-state index < -0.39 is 0 Å². The summed E-state index contributed by atoms with van der Waals surface area (Å²) in [7, 11) is 0. The van der Waals surface area contributed by atoms with Crippen molar-refractivity contribution >= 4 is 24.0 Å². The van der Waals surface area contributed by atoms with Gasteiger partial charge in [-0.15, -0.1) is 0 Å². The quantitative estimate of drug-likeness (QED) is 0.198. The summed E-state index contributed by atoms with van der Waals surface area (Å²) in [4.78, 5) is 21.9. The Labute approximate surface area is 159 Å². The summed E-state index contributed by atoms with van der Waals surface area (Å²) in [5.41, 5.74) is 5.50. The highest BCUT2D eigenvalue weighted by Crippen LogP contribution is 2.11. The molecule has 0 radical (unpaired) electrons. The number of carbonyl (C=O) groups is 2. The molecule has 0 saturated heterocycles. The highest BCUT2D eigenvalue weighted by Gasteiger charge is 2.04. The summed E-state index contributed by atoms with van der Waals surface area (Å²) >= 11 is 1.65. The number of carbonyl (C=O) groups excluding carboxylic acids is 2. The minimum Gasteiger partial charge on any atom is -0.466 e. The second-order valence-corrected chi connectivity index (χ2v) is 7.93. The Bertz CT molecular complexity index is 313. The molecule has 0 aromatic carbocycles. The molecule has 1 atom stereocenters. The molecule has 5 heteroatoms. The van der Waals surface area contributed by atoms with Gasteiger partial charge >= 0.3 is 5.97 Å². The number of unbranched alkanes of at least 4 members (excludes halogenated alkanes) is 10. The lowest BCUT2D eigenvalue weighted by molar-refractivity contribution is -0.143. The van der Waals surface area contributed by atoms with Gasteiger partial charge in [-0.1, -0.05) is 71.1 Å². The Hall–Kier alpha value is -0.550. The van der Waals surface area contributed by atoms with Crippen molar-refractivity contribution in [1.82, 2.24) is 0 Å². The fourth-order valence-electron chi connectivity index (χ4n) is 2.57. The van der Waals surface area contributed by atoms with Crippen LogP contribution in [0, 0.1) is 0 Å². The van der Waals surface area contributed by atoms with Crippen LogP contribution in [0.15, 0.2) is 0 Å². The molecule has 0 aromatic heterocycles. The number of thioether (sulfide) groups is 1. The van der Waals surface area contributed by atoms with E-state index in [1.165, 1.54) is 57.8 Å². The maximum absolute atomic E-state index is 11.6. The molecule has 0 amide bonds. The maximum Gasteiger partial charge on any atom is 0.306 e. The fraction of sp³-hybridized carbons (Fsp3) is 0.900. The Morgan fingerprint density at radius 3 is 2.08 bits per heavy atom. The first-order chi connectivity index (χ1) is 12.2. The maximum atomic E-state index is 11.6. The predicted octanol–water partition coefficient (Wildman–Crippen LogP) is 4.88. The molecule has 0 heterocycles. The average Bonchev–Trinajstić information content (AvgIpc) is 2.62.